The van der Waals surface area contributed by atoms with Crippen molar-refractivity contribution in [2.24, 2.45) is 4.99 Å². The predicted octanol–water partition coefficient (Wildman–Crippen LogP) is 1.63. The van der Waals surface area contributed by atoms with Gasteiger partial charge >= 0.3 is 0 Å². The number of aromatic amines is 1. The van der Waals surface area contributed by atoms with Crippen LogP contribution in [0.1, 0.15) is 11.5 Å². The fourth-order valence-electron chi connectivity index (χ4n) is 2.35. The Labute approximate surface area is 179 Å². The van der Waals surface area contributed by atoms with Gasteiger partial charge in [-0.05, 0) is 37.4 Å². The van der Waals surface area contributed by atoms with Gasteiger partial charge in [-0.25, -0.2) is 18.1 Å². The molecule has 2 rings (SSSR count). The Balaban J connectivity index is 1.83. The summed E-state index contributed by atoms with van der Waals surface area (Å²) in [5.41, 5.74) is 1.01. The lowest BCUT2D eigenvalue weighted by atomic mass is 10.4. The van der Waals surface area contributed by atoms with Crippen LogP contribution in [0.4, 0.5) is 0 Å². The van der Waals surface area contributed by atoms with Gasteiger partial charge in [-0.2, -0.15) is 5.26 Å². The lowest BCUT2D eigenvalue weighted by molar-refractivity contribution is 0.580. The highest BCUT2D eigenvalue weighted by atomic mass is 35.5. The third-order valence-corrected chi connectivity index (χ3v) is 6.22. The number of aromatic nitrogens is 2. The van der Waals surface area contributed by atoms with Crippen molar-refractivity contribution in [2.45, 2.75) is 23.3 Å². The Bertz CT molecular complexity index is 982. The van der Waals surface area contributed by atoms with Crippen LogP contribution in [-0.2, 0) is 16.4 Å². The number of imidazole rings is 1. The molecular formula is C17H22ClN7O2S2. The molecule has 29 heavy (non-hydrogen) atoms. The lowest BCUT2D eigenvalue weighted by Gasteiger charge is -2.10. The van der Waals surface area contributed by atoms with Gasteiger partial charge in [0.1, 0.15) is 10.9 Å². The molecule has 1 heterocycles. The average Bonchev–Trinajstić information content (AvgIpc) is 3.05. The Kier molecular flexibility index (Phi) is 8.78. The maximum absolute atomic E-state index is 12.2. The highest BCUT2D eigenvalue weighted by Crippen LogP contribution is 2.16. The van der Waals surface area contributed by atoms with E-state index in [2.05, 4.69) is 30.3 Å². The second-order valence-electron chi connectivity index (χ2n) is 5.81. The molecule has 0 atom stereocenters. The lowest BCUT2D eigenvalue weighted by Crippen LogP contribution is -2.40. The Hall–Kier alpha value is -2.26. The summed E-state index contributed by atoms with van der Waals surface area (Å²) in [4.78, 5) is 12.1. The number of hydrogen-bond acceptors (Lipinski definition) is 6. The Morgan fingerprint density at radius 3 is 2.69 bits per heavy atom. The summed E-state index contributed by atoms with van der Waals surface area (Å²) in [5, 5.41) is 15.6. The maximum atomic E-state index is 12.2. The van der Waals surface area contributed by atoms with Crippen molar-refractivity contribution in [1.29, 1.82) is 5.26 Å². The number of thioether (sulfide) groups is 1. The number of sulfonamides is 1. The van der Waals surface area contributed by atoms with E-state index in [0.717, 1.165) is 16.5 Å². The van der Waals surface area contributed by atoms with Crippen LogP contribution in [0.25, 0.3) is 0 Å². The summed E-state index contributed by atoms with van der Waals surface area (Å²) in [6.07, 6.45) is 4.36. The third kappa shape index (κ3) is 7.25. The summed E-state index contributed by atoms with van der Waals surface area (Å²) < 4.78 is 26.9. The summed E-state index contributed by atoms with van der Waals surface area (Å²) in [6.45, 7) is 2.73. The normalized spacial score (nSPS) is 11.9. The van der Waals surface area contributed by atoms with Crippen LogP contribution >= 0.6 is 23.4 Å². The number of nitrogens with one attached hydrogen (secondary N) is 4. The van der Waals surface area contributed by atoms with E-state index in [9.17, 15) is 8.42 Å². The van der Waals surface area contributed by atoms with Gasteiger partial charge in [-0.1, -0.05) is 11.6 Å². The monoisotopic (exact) mass is 455 g/mol. The molecule has 0 unspecified atom stereocenters. The summed E-state index contributed by atoms with van der Waals surface area (Å²) in [7, 11) is -3.63. The largest absolute Gasteiger partial charge is 0.354 e. The zero-order valence-electron chi connectivity index (χ0n) is 16.0. The van der Waals surface area contributed by atoms with Gasteiger partial charge in [-0.15, -0.1) is 11.8 Å². The molecular weight excluding hydrogens is 434 g/mol. The standard InChI is InChI=1S/C17H22ClN7O2S2/c1-12-16(28-2)25-15(24-12)7-8-20-17(22-11-19)21-9-10-23-29(26,27)14-5-3-13(18)4-6-14/h3-6,23H,7-10H2,1-2H3,(H,24,25)(H2,20,21,22). The predicted molar refractivity (Wildman–Crippen MR) is 115 cm³/mol. The minimum absolute atomic E-state index is 0.117. The van der Waals surface area contributed by atoms with E-state index < -0.39 is 10.0 Å². The number of H-pyrrole nitrogens is 1. The van der Waals surface area contributed by atoms with Crippen molar-refractivity contribution >= 4 is 39.3 Å². The molecule has 0 aliphatic carbocycles. The summed E-state index contributed by atoms with van der Waals surface area (Å²) in [5.74, 6) is 1.09. The molecule has 0 aliphatic heterocycles. The van der Waals surface area contributed by atoms with Crippen LogP contribution in [0.2, 0.25) is 5.02 Å². The van der Waals surface area contributed by atoms with Crippen LogP contribution in [0.3, 0.4) is 0 Å². The highest BCUT2D eigenvalue weighted by molar-refractivity contribution is 7.98. The topological polar surface area (TPSA) is 135 Å². The first-order chi connectivity index (χ1) is 13.9. The quantitative estimate of drug-likeness (QED) is 0.113. The zero-order valence-corrected chi connectivity index (χ0v) is 18.4. The Morgan fingerprint density at radius 1 is 1.34 bits per heavy atom. The number of rotatable bonds is 9. The van der Waals surface area contributed by atoms with Crippen molar-refractivity contribution in [2.75, 3.05) is 25.9 Å². The van der Waals surface area contributed by atoms with Gasteiger partial charge in [0.05, 0.1) is 4.90 Å². The van der Waals surface area contributed by atoms with Gasteiger partial charge in [0.15, 0.2) is 6.19 Å². The van der Waals surface area contributed by atoms with Crippen molar-refractivity contribution in [3.05, 3.63) is 40.8 Å². The molecule has 0 radical (unpaired) electrons. The molecule has 1 aromatic carbocycles. The van der Waals surface area contributed by atoms with Crippen LogP contribution in [0, 0.1) is 18.4 Å². The van der Waals surface area contributed by atoms with E-state index in [1.165, 1.54) is 24.3 Å². The highest BCUT2D eigenvalue weighted by Gasteiger charge is 2.13. The zero-order chi connectivity index (χ0) is 21.3. The SMILES string of the molecule is CSc1nc(CCN=C(NC#N)NCCNS(=O)(=O)c2ccc(Cl)cc2)[nH]c1C. The molecule has 4 N–H and O–H groups in total. The molecule has 2 aromatic rings. The first-order valence-corrected chi connectivity index (χ1v) is 11.7. The van der Waals surface area contributed by atoms with E-state index in [4.69, 9.17) is 16.9 Å². The maximum Gasteiger partial charge on any atom is 0.240 e. The van der Waals surface area contributed by atoms with E-state index in [1.807, 2.05) is 13.2 Å². The summed E-state index contributed by atoms with van der Waals surface area (Å²) in [6, 6.07) is 5.89. The van der Waals surface area contributed by atoms with Crippen molar-refractivity contribution in [3.8, 4) is 6.19 Å². The number of nitrogens with zero attached hydrogens (tertiary/aromatic N) is 3. The molecule has 156 valence electrons. The molecule has 12 heteroatoms. The van der Waals surface area contributed by atoms with Crippen LogP contribution in [0.15, 0.2) is 39.2 Å². The number of aliphatic imine (C=N–C) groups is 1. The molecule has 0 fully saturated rings. The smallest absolute Gasteiger partial charge is 0.240 e. The number of aryl methyl sites for hydroxylation is 1. The van der Waals surface area contributed by atoms with Gasteiger partial charge in [-0.3, -0.25) is 10.3 Å². The molecule has 9 nitrogen and oxygen atoms in total. The van der Waals surface area contributed by atoms with E-state index in [0.29, 0.717) is 18.0 Å². The second-order valence-corrected chi connectivity index (χ2v) is 8.81. The van der Waals surface area contributed by atoms with Crippen LogP contribution in [-0.4, -0.2) is 50.2 Å². The number of guanidine groups is 1. The van der Waals surface area contributed by atoms with Gasteiger partial charge in [0, 0.05) is 36.8 Å². The van der Waals surface area contributed by atoms with Gasteiger partial charge in [0.25, 0.3) is 0 Å². The number of hydrogen-bond donors (Lipinski definition) is 4. The van der Waals surface area contributed by atoms with Crippen molar-refractivity contribution < 1.29 is 8.42 Å². The Morgan fingerprint density at radius 2 is 2.07 bits per heavy atom. The molecule has 0 bridgehead atoms. The minimum Gasteiger partial charge on any atom is -0.354 e. The van der Waals surface area contributed by atoms with Gasteiger partial charge < -0.3 is 10.3 Å². The second kappa shape index (κ2) is 11.1. The molecule has 0 saturated heterocycles. The van der Waals surface area contributed by atoms with Crippen molar-refractivity contribution in [3.63, 3.8) is 0 Å². The van der Waals surface area contributed by atoms with Crippen LogP contribution < -0.4 is 15.4 Å². The summed E-state index contributed by atoms with van der Waals surface area (Å²) >= 11 is 7.34. The first kappa shape index (κ1) is 23.0. The number of nitriles is 1. The van der Waals surface area contributed by atoms with E-state index in [-0.39, 0.29) is 23.9 Å². The third-order valence-electron chi connectivity index (χ3n) is 3.71. The minimum atomic E-state index is -3.63. The molecule has 0 spiro atoms. The van der Waals surface area contributed by atoms with Crippen LogP contribution in [0.5, 0.6) is 0 Å². The fraction of sp³-hybridized carbons (Fsp3) is 0.353. The average molecular weight is 456 g/mol. The van der Waals surface area contributed by atoms with E-state index >= 15 is 0 Å². The molecule has 1 aromatic heterocycles. The van der Waals surface area contributed by atoms with Gasteiger partial charge in [0.2, 0.25) is 16.0 Å². The molecule has 0 aliphatic rings. The van der Waals surface area contributed by atoms with Crippen molar-refractivity contribution in [1.82, 2.24) is 25.3 Å². The number of halogens is 1. The molecule has 0 amide bonds. The molecule has 0 saturated carbocycles. The number of benzene rings is 1. The fourth-order valence-corrected chi connectivity index (χ4v) is 4.07. The van der Waals surface area contributed by atoms with E-state index in [1.54, 1.807) is 18.0 Å². The first-order valence-electron chi connectivity index (χ1n) is 8.64.